The van der Waals surface area contributed by atoms with Crippen LogP contribution < -0.4 is 10.5 Å². The molecule has 1 unspecified atom stereocenters. The molecule has 0 fully saturated rings. The minimum absolute atomic E-state index is 0.0172. The summed E-state index contributed by atoms with van der Waals surface area (Å²) >= 11 is 0. The molecule has 4 heteroatoms. The first kappa shape index (κ1) is 13.5. The molecule has 3 N–H and O–H groups in total. The summed E-state index contributed by atoms with van der Waals surface area (Å²) in [6.07, 6.45) is -0.0603. The zero-order chi connectivity index (χ0) is 12.8. The Balaban J connectivity index is 2.81. The average Bonchev–Trinajstić information content (AvgIpc) is 2.26. The third kappa shape index (κ3) is 4.07. The fraction of sp³-hybridized carbons (Fsp3) is 0.462. The Labute approximate surface area is 102 Å². The Morgan fingerprint density at radius 3 is 2.76 bits per heavy atom. The van der Waals surface area contributed by atoms with Crippen molar-refractivity contribution in [3.8, 4) is 5.75 Å². The fourth-order valence-corrected chi connectivity index (χ4v) is 1.48. The first-order chi connectivity index (χ1) is 8.04. The summed E-state index contributed by atoms with van der Waals surface area (Å²) in [7, 11) is 0. The molecule has 1 aromatic rings. The van der Waals surface area contributed by atoms with Crippen LogP contribution in [0.1, 0.15) is 25.0 Å². The van der Waals surface area contributed by atoms with Crippen LogP contribution in [0, 0.1) is 12.3 Å². The lowest BCUT2D eigenvalue weighted by Crippen LogP contribution is -2.21. The molecule has 94 valence electrons. The Kier molecular flexibility index (Phi) is 4.97. The van der Waals surface area contributed by atoms with Crippen molar-refractivity contribution >= 4 is 5.84 Å². The number of nitrogen functional groups attached to an aromatic ring is 1. The lowest BCUT2D eigenvalue weighted by atomic mass is 10.1. The molecule has 0 aliphatic rings. The van der Waals surface area contributed by atoms with Crippen LogP contribution in [0.2, 0.25) is 0 Å². The van der Waals surface area contributed by atoms with E-state index >= 15 is 0 Å². The summed E-state index contributed by atoms with van der Waals surface area (Å²) in [6, 6.07) is 5.61. The molecule has 1 rings (SSSR count). The molecule has 0 spiro atoms. The highest BCUT2D eigenvalue weighted by atomic mass is 16.5. The Bertz CT molecular complexity index is 391. The van der Waals surface area contributed by atoms with Crippen LogP contribution in [-0.2, 0) is 4.74 Å². The minimum atomic E-state index is -0.0603. The van der Waals surface area contributed by atoms with E-state index in [2.05, 4.69) is 0 Å². The minimum Gasteiger partial charge on any atom is -0.488 e. The number of hydrogen-bond acceptors (Lipinski definition) is 3. The van der Waals surface area contributed by atoms with Crippen LogP contribution in [0.15, 0.2) is 18.2 Å². The summed E-state index contributed by atoms with van der Waals surface area (Å²) in [4.78, 5) is 0. The summed E-state index contributed by atoms with van der Waals surface area (Å²) in [5.74, 6) is 0.660. The highest BCUT2D eigenvalue weighted by Gasteiger charge is 2.10. The fourth-order valence-electron chi connectivity index (χ4n) is 1.48. The summed E-state index contributed by atoms with van der Waals surface area (Å²) in [6.45, 7) is 7.05. The molecule has 0 bridgehead atoms. The molecule has 0 heterocycles. The Hall–Kier alpha value is -1.55. The van der Waals surface area contributed by atoms with E-state index < -0.39 is 0 Å². The second kappa shape index (κ2) is 6.25. The molecule has 0 aromatic heterocycles. The van der Waals surface area contributed by atoms with Crippen molar-refractivity contribution in [1.82, 2.24) is 0 Å². The van der Waals surface area contributed by atoms with Gasteiger partial charge in [0.25, 0.3) is 0 Å². The molecule has 0 saturated heterocycles. The van der Waals surface area contributed by atoms with Crippen LogP contribution in [-0.4, -0.2) is 25.2 Å². The maximum atomic E-state index is 7.50. The van der Waals surface area contributed by atoms with E-state index in [9.17, 15) is 0 Å². The number of benzene rings is 1. The molecule has 4 nitrogen and oxygen atoms in total. The van der Waals surface area contributed by atoms with Gasteiger partial charge in [0.05, 0.1) is 12.2 Å². The number of rotatable bonds is 6. The standard InChI is InChI=1S/C13H20N2O2/c1-4-16-8-10(3)17-12-7-9(2)5-6-11(12)13(14)15/h5-7,10H,4,8H2,1-3H3,(H3,14,15). The first-order valence-electron chi connectivity index (χ1n) is 5.74. The monoisotopic (exact) mass is 236 g/mol. The van der Waals surface area contributed by atoms with E-state index in [1.807, 2.05) is 32.9 Å². The number of aryl methyl sites for hydroxylation is 1. The highest BCUT2D eigenvalue weighted by molar-refractivity contribution is 5.97. The predicted molar refractivity (Wildman–Crippen MR) is 68.8 cm³/mol. The second-order valence-electron chi connectivity index (χ2n) is 4.00. The summed E-state index contributed by atoms with van der Waals surface area (Å²) in [5.41, 5.74) is 7.21. The van der Waals surface area contributed by atoms with E-state index in [1.54, 1.807) is 6.07 Å². The van der Waals surface area contributed by atoms with E-state index in [4.69, 9.17) is 20.6 Å². The molecule has 0 amide bonds. The summed E-state index contributed by atoms with van der Waals surface area (Å²) < 4.78 is 11.0. The van der Waals surface area contributed by atoms with E-state index in [1.165, 1.54) is 0 Å². The van der Waals surface area contributed by atoms with Crippen molar-refractivity contribution in [2.75, 3.05) is 13.2 Å². The molecular formula is C13H20N2O2. The van der Waals surface area contributed by atoms with Crippen LogP contribution in [0.25, 0.3) is 0 Å². The van der Waals surface area contributed by atoms with Gasteiger partial charge in [0.15, 0.2) is 0 Å². The summed E-state index contributed by atoms with van der Waals surface area (Å²) in [5, 5.41) is 7.50. The van der Waals surface area contributed by atoms with Gasteiger partial charge < -0.3 is 15.2 Å². The van der Waals surface area contributed by atoms with Gasteiger partial charge in [-0.15, -0.1) is 0 Å². The van der Waals surface area contributed by atoms with Gasteiger partial charge in [-0.25, -0.2) is 0 Å². The van der Waals surface area contributed by atoms with E-state index in [-0.39, 0.29) is 11.9 Å². The molecule has 0 aliphatic carbocycles. The van der Waals surface area contributed by atoms with E-state index in [0.29, 0.717) is 24.5 Å². The van der Waals surface area contributed by atoms with Gasteiger partial charge in [0.1, 0.15) is 17.7 Å². The third-order valence-corrected chi connectivity index (χ3v) is 2.31. The number of nitrogens with one attached hydrogen (secondary N) is 1. The number of amidine groups is 1. The quantitative estimate of drug-likeness (QED) is 0.587. The van der Waals surface area contributed by atoms with Crippen molar-refractivity contribution in [2.24, 2.45) is 5.73 Å². The van der Waals surface area contributed by atoms with Gasteiger partial charge in [0, 0.05) is 6.61 Å². The maximum absolute atomic E-state index is 7.50. The maximum Gasteiger partial charge on any atom is 0.131 e. The smallest absolute Gasteiger partial charge is 0.131 e. The average molecular weight is 236 g/mol. The second-order valence-corrected chi connectivity index (χ2v) is 4.00. The van der Waals surface area contributed by atoms with Crippen molar-refractivity contribution in [2.45, 2.75) is 26.9 Å². The van der Waals surface area contributed by atoms with Crippen molar-refractivity contribution in [3.05, 3.63) is 29.3 Å². The molecule has 0 aliphatic heterocycles. The van der Waals surface area contributed by atoms with Gasteiger partial charge in [0.2, 0.25) is 0 Å². The Morgan fingerprint density at radius 1 is 1.47 bits per heavy atom. The SMILES string of the molecule is CCOCC(C)Oc1cc(C)ccc1C(=N)N. The first-order valence-corrected chi connectivity index (χ1v) is 5.74. The van der Waals surface area contributed by atoms with Gasteiger partial charge in [-0.1, -0.05) is 6.07 Å². The van der Waals surface area contributed by atoms with Gasteiger partial charge in [-0.2, -0.15) is 0 Å². The van der Waals surface area contributed by atoms with Crippen molar-refractivity contribution < 1.29 is 9.47 Å². The van der Waals surface area contributed by atoms with Gasteiger partial charge in [-0.05, 0) is 38.5 Å². The topological polar surface area (TPSA) is 68.3 Å². The van der Waals surface area contributed by atoms with Crippen LogP contribution >= 0.6 is 0 Å². The van der Waals surface area contributed by atoms with Crippen LogP contribution in [0.4, 0.5) is 0 Å². The highest BCUT2D eigenvalue weighted by Crippen LogP contribution is 2.21. The van der Waals surface area contributed by atoms with Crippen molar-refractivity contribution in [1.29, 1.82) is 5.41 Å². The molecule has 17 heavy (non-hydrogen) atoms. The normalized spacial score (nSPS) is 12.2. The van der Waals surface area contributed by atoms with Crippen LogP contribution in [0.5, 0.6) is 5.75 Å². The van der Waals surface area contributed by atoms with Crippen molar-refractivity contribution in [3.63, 3.8) is 0 Å². The lowest BCUT2D eigenvalue weighted by molar-refractivity contribution is 0.0656. The molecular weight excluding hydrogens is 216 g/mol. The molecule has 1 atom stereocenters. The number of ether oxygens (including phenoxy) is 2. The largest absolute Gasteiger partial charge is 0.488 e. The number of hydrogen-bond donors (Lipinski definition) is 2. The number of nitrogens with two attached hydrogens (primary N) is 1. The Morgan fingerprint density at radius 2 is 2.18 bits per heavy atom. The zero-order valence-corrected chi connectivity index (χ0v) is 10.6. The lowest BCUT2D eigenvalue weighted by Gasteiger charge is -2.17. The molecule has 0 saturated carbocycles. The third-order valence-electron chi connectivity index (χ3n) is 2.31. The predicted octanol–water partition coefficient (Wildman–Crippen LogP) is 2.08. The molecule has 1 aromatic carbocycles. The van der Waals surface area contributed by atoms with Gasteiger partial charge >= 0.3 is 0 Å². The van der Waals surface area contributed by atoms with Gasteiger partial charge in [-0.3, -0.25) is 5.41 Å². The van der Waals surface area contributed by atoms with E-state index in [0.717, 1.165) is 5.56 Å². The zero-order valence-electron chi connectivity index (χ0n) is 10.6. The molecule has 0 radical (unpaired) electrons. The van der Waals surface area contributed by atoms with Crippen LogP contribution in [0.3, 0.4) is 0 Å².